The molecule has 0 aliphatic carbocycles. The highest BCUT2D eigenvalue weighted by atomic mass is 35.5. The minimum Gasteiger partial charge on any atom is -0.495 e. The normalized spacial score (nSPS) is 12.2. The van der Waals surface area contributed by atoms with Gasteiger partial charge in [0.1, 0.15) is 11.6 Å². The summed E-state index contributed by atoms with van der Waals surface area (Å²) in [6.07, 6.45) is 3.26. The molecule has 0 aliphatic heterocycles. The van der Waals surface area contributed by atoms with Crippen molar-refractivity contribution < 1.29 is 9.13 Å². The van der Waals surface area contributed by atoms with Gasteiger partial charge in [0.2, 0.25) is 0 Å². The average molecular weight is 281 g/mol. The summed E-state index contributed by atoms with van der Waals surface area (Å²) >= 11 is 6.09. The molecule has 19 heavy (non-hydrogen) atoms. The topological polar surface area (TPSA) is 34.2 Å². The van der Waals surface area contributed by atoms with Crippen LogP contribution in [0.4, 0.5) is 4.39 Å². The number of nitrogens with one attached hydrogen (secondary N) is 1. The average Bonchev–Trinajstić information content (AvgIpc) is 2.43. The molecule has 3 nitrogen and oxygen atoms in total. The maximum atomic E-state index is 14.0. The minimum atomic E-state index is -0.378. The third-order valence-electron chi connectivity index (χ3n) is 2.88. The van der Waals surface area contributed by atoms with E-state index in [4.69, 9.17) is 16.3 Å². The van der Waals surface area contributed by atoms with Crippen molar-refractivity contribution in [3.8, 4) is 5.75 Å². The Labute approximate surface area is 116 Å². The van der Waals surface area contributed by atoms with Gasteiger partial charge in [0.05, 0.1) is 19.3 Å². The van der Waals surface area contributed by atoms with E-state index in [0.29, 0.717) is 16.3 Å². The highest BCUT2D eigenvalue weighted by molar-refractivity contribution is 6.31. The van der Waals surface area contributed by atoms with Crippen LogP contribution in [0, 0.1) is 5.82 Å². The SMILES string of the molecule is CNC(c1cncc(OC)c1)c1c(F)cccc1Cl. The number of hydrogen-bond donors (Lipinski definition) is 1. The lowest BCUT2D eigenvalue weighted by atomic mass is 9.99. The Balaban J connectivity index is 2.50. The first-order valence-corrected chi connectivity index (χ1v) is 6.15. The molecule has 2 aromatic rings. The number of pyridine rings is 1. The summed E-state index contributed by atoms with van der Waals surface area (Å²) in [5, 5.41) is 3.42. The molecule has 0 spiro atoms. The molecule has 0 aliphatic rings. The van der Waals surface area contributed by atoms with Gasteiger partial charge >= 0.3 is 0 Å². The van der Waals surface area contributed by atoms with Crippen LogP contribution >= 0.6 is 11.6 Å². The highest BCUT2D eigenvalue weighted by Gasteiger charge is 2.20. The third-order valence-corrected chi connectivity index (χ3v) is 3.21. The largest absolute Gasteiger partial charge is 0.495 e. The fourth-order valence-corrected chi connectivity index (χ4v) is 2.24. The van der Waals surface area contributed by atoms with Gasteiger partial charge in [-0.05, 0) is 30.8 Å². The van der Waals surface area contributed by atoms with E-state index < -0.39 is 0 Å². The zero-order valence-electron chi connectivity index (χ0n) is 10.7. The maximum Gasteiger partial charge on any atom is 0.137 e. The second-order valence-corrected chi connectivity index (χ2v) is 4.42. The Morgan fingerprint density at radius 3 is 2.79 bits per heavy atom. The summed E-state index contributed by atoms with van der Waals surface area (Å²) in [5.41, 5.74) is 1.19. The quantitative estimate of drug-likeness (QED) is 0.934. The van der Waals surface area contributed by atoms with Crippen molar-refractivity contribution in [3.63, 3.8) is 0 Å². The van der Waals surface area contributed by atoms with Crippen molar-refractivity contribution in [2.45, 2.75) is 6.04 Å². The number of nitrogens with zero attached hydrogens (tertiary/aromatic N) is 1. The number of aromatic nitrogens is 1. The van der Waals surface area contributed by atoms with Gasteiger partial charge in [-0.1, -0.05) is 17.7 Å². The molecule has 5 heteroatoms. The van der Waals surface area contributed by atoms with Crippen LogP contribution in [0.15, 0.2) is 36.7 Å². The summed E-state index contributed by atoms with van der Waals surface area (Å²) in [6, 6.07) is 6.06. The Bertz CT molecular complexity index is 557. The number of hydrogen-bond acceptors (Lipinski definition) is 3. The van der Waals surface area contributed by atoms with E-state index >= 15 is 0 Å². The number of rotatable bonds is 4. The molecule has 1 aromatic carbocycles. The fourth-order valence-electron chi connectivity index (χ4n) is 1.97. The molecule has 1 unspecified atom stereocenters. The van der Waals surface area contributed by atoms with Crippen molar-refractivity contribution in [1.82, 2.24) is 10.3 Å². The van der Waals surface area contributed by atoms with Gasteiger partial charge in [0.15, 0.2) is 0 Å². The smallest absolute Gasteiger partial charge is 0.137 e. The first-order valence-electron chi connectivity index (χ1n) is 5.77. The zero-order chi connectivity index (χ0) is 13.8. The monoisotopic (exact) mass is 280 g/mol. The molecule has 0 saturated carbocycles. The van der Waals surface area contributed by atoms with Crippen molar-refractivity contribution in [3.05, 3.63) is 58.6 Å². The van der Waals surface area contributed by atoms with E-state index in [2.05, 4.69) is 10.3 Å². The lowest BCUT2D eigenvalue weighted by Gasteiger charge is -2.19. The molecule has 2 rings (SSSR count). The van der Waals surface area contributed by atoms with Crippen molar-refractivity contribution in [2.75, 3.05) is 14.2 Å². The van der Waals surface area contributed by atoms with Crippen LogP contribution < -0.4 is 10.1 Å². The molecule has 1 aromatic heterocycles. The van der Waals surface area contributed by atoms with Crippen LogP contribution in [0.3, 0.4) is 0 Å². The first-order chi connectivity index (χ1) is 9.17. The number of methoxy groups -OCH3 is 1. The fraction of sp³-hybridized carbons (Fsp3) is 0.214. The van der Waals surface area contributed by atoms with E-state index in [1.165, 1.54) is 6.07 Å². The molecular formula is C14H14ClFN2O. The Morgan fingerprint density at radius 1 is 1.37 bits per heavy atom. The van der Waals surface area contributed by atoms with E-state index in [1.54, 1.807) is 44.8 Å². The predicted octanol–water partition coefficient (Wildman–Crippen LogP) is 3.19. The van der Waals surface area contributed by atoms with Crippen LogP contribution in [-0.2, 0) is 0 Å². The van der Waals surface area contributed by atoms with E-state index in [0.717, 1.165) is 5.56 Å². The summed E-state index contributed by atoms with van der Waals surface area (Å²) in [6.45, 7) is 0. The zero-order valence-corrected chi connectivity index (χ0v) is 11.4. The van der Waals surface area contributed by atoms with Crippen molar-refractivity contribution >= 4 is 11.6 Å². The summed E-state index contributed by atoms with van der Waals surface area (Å²) in [4.78, 5) is 4.08. The number of halogens is 2. The van der Waals surface area contributed by atoms with Gasteiger partial charge in [-0.25, -0.2) is 4.39 Å². The summed E-state index contributed by atoms with van der Waals surface area (Å²) < 4.78 is 19.1. The Morgan fingerprint density at radius 2 is 2.16 bits per heavy atom. The van der Waals surface area contributed by atoms with Crippen LogP contribution in [0.25, 0.3) is 0 Å². The molecule has 1 N–H and O–H groups in total. The van der Waals surface area contributed by atoms with Gasteiger partial charge in [0, 0.05) is 16.8 Å². The van der Waals surface area contributed by atoms with Gasteiger partial charge < -0.3 is 10.1 Å². The molecular weight excluding hydrogens is 267 g/mol. The predicted molar refractivity (Wildman–Crippen MR) is 73.1 cm³/mol. The van der Waals surface area contributed by atoms with Gasteiger partial charge in [-0.3, -0.25) is 4.98 Å². The molecule has 0 bridgehead atoms. The van der Waals surface area contributed by atoms with Gasteiger partial charge in [-0.2, -0.15) is 0 Å². The van der Waals surface area contributed by atoms with Gasteiger partial charge in [0.25, 0.3) is 0 Å². The van der Waals surface area contributed by atoms with Crippen LogP contribution in [0.5, 0.6) is 5.75 Å². The van der Waals surface area contributed by atoms with Crippen molar-refractivity contribution in [2.24, 2.45) is 0 Å². The third kappa shape index (κ3) is 2.85. The minimum absolute atomic E-state index is 0.352. The van der Waals surface area contributed by atoms with E-state index in [-0.39, 0.29) is 11.9 Å². The summed E-state index contributed by atoms with van der Waals surface area (Å²) in [5.74, 6) is 0.264. The standard InChI is InChI=1S/C14H14ClFN2O/c1-17-14(9-6-10(19-2)8-18-7-9)13-11(15)4-3-5-12(13)16/h3-8,14,17H,1-2H3. The lowest BCUT2D eigenvalue weighted by Crippen LogP contribution is -2.19. The number of ether oxygens (including phenoxy) is 1. The van der Waals surface area contributed by atoms with Crippen LogP contribution in [0.1, 0.15) is 17.2 Å². The van der Waals surface area contributed by atoms with Crippen LogP contribution in [0.2, 0.25) is 5.02 Å². The molecule has 1 atom stereocenters. The number of benzene rings is 1. The molecule has 0 fully saturated rings. The first kappa shape index (κ1) is 13.8. The second kappa shape index (κ2) is 5.99. The molecule has 1 heterocycles. The lowest BCUT2D eigenvalue weighted by molar-refractivity contribution is 0.411. The molecule has 100 valence electrons. The van der Waals surface area contributed by atoms with Crippen LogP contribution in [-0.4, -0.2) is 19.1 Å². The summed E-state index contributed by atoms with van der Waals surface area (Å²) in [7, 11) is 3.30. The second-order valence-electron chi connectivity index (χ2n) is 4.02. The van der Waals surface area contributed by atoms with E-state index in [1.807, 2.05) is 0 Å². The Hall–Kier alpha value is -1.65. The molecule has 0 amide bonds. The maximum absolute atomic E-state index is 14.0. The Kier molecular flexibility index (Phi) is 4.35. The van der Waals surface area contributed by atoms with Gasteiger partial charge in [-0.15, -0.1) is 0 Å². The van der Waals surface area contributed by atoms with Crippen molar-refractivity contribution in [1.29, 1.82) is 0 Å². The van der Waals surface area contributed by atoms with E-state index in [9.17, 15) is 4.39 Å². The highest BCUT2D eigenvalue weighted by Crippen LogP contribution is 2.31. The molecule has 0 radical (unpaired) electrons. The molecule has 0 saturated heterocycles.